The van der Waals surface area contributed by atoms with E-state index in [0.29, 0.717) is 0 Å². The number of hydrogen-bond acceptors (Lipinski definition) is 10. The van der Waals surface area contributed by atoms with Crippen molar-refractivity contribution < 1.29 is 0 Å². The van der Waals surface area contributed by atoms with Crippen molar-refractivity contribution >= 4 is 297 Å². The van der Waals surface area contributed by atoms with Gasteiger partial charge in [-0.05, 0) is 181 Å². The first-order valence-electron chi connectivity index (χ1n) is 26.5. The normalized spacial score (nSPS) is 12.0. The van der Waals surface area contributed by atoms with Gasteiger partial charge in [-0.3, -0.25) is 0 Å². The Hall–Kier alpha value is -2.28. The summed E-state index contributed by atoms with van der Waals surface area (Å²) < 4.78 is 25.8. The number of benzene rings is 6. The summed E-state index contributed by atoms with van der Waals surface area (Å²) in [6, 6.07) is 53.0. The van der Waals surface area contributed by atoms with Crippen molar-refractivity contribution in [2.75, 3.05) is 0 Å². The van der Waals surface area contributed by atoms with E-state index in [-0.39, 0.29) is 0 Å². The van der Waals surface area contributed by atoms with E-state index < -0.39 is 0 Å². The molecule has 0 saturated carbocycles. The molecule has 0 aliphatic carbocycles. The van der Waals surface area contributed by atoms with Crippen molar-refractivity contribution in [1.29, 1.82) is 0 Å². The Kier molecular flexibility index (Phi) is 16.7. The predicted octanol–water partition coefficient (Wildman–Crippen LogP) is 31.6. The molecule has 0 amide bonds. The molecule has 0 atom stereocenters. The summed E-state index contributed by atoms with van der Waals surface area (Å²) in [5.41, 5.74) is 15.0. The molecule has 6 aromatic carbocycles. The molecule has 10 aromatic heterocycles. The van der Waals surface area contributed by atoms with Crippen molar-refractivity contribution in [1.82, 2.24) is 0 Å². The van der Waals surface area contributed by atoms with Gasteiger partial charge in [0.25, 0.3) is 0 Å². The smallest absolute Gasteiger partial charge is 0.0651 e. The average molecular weight is 1810 g/mol. The zero-order valence-electron chi connectivity index (χ0n) is 45.0. The summed E-state index contributed by atoms with van der Waals surface area (Å²) >= 11 is 50.5. The zero-order valence-corrected chi connectivity index (χ0v) is 65.8. The number of fused-ring (bicyclic) bond motifs is 10. The Bertz CT molecular complexity index is 5020. The predicted molar refractivity (Wildman–Crippen MR) is 421 cm³/mol. The lowest BCUT2D eigenvalue weighted by molar-refractivity contribution is 1.47. The first-order valence-corrected chi connectivity index (χ1v) is 41.0. The largest absolute Gasteiger partial charge is 0.133 e. The molecule has 0 spiro atoms. The van der Waals surface area contributed by atoms with E-state index >= 15 is 0 Å². The Balaban J connectivity index is 0.000000145. The van der Waals surface area contributed by atoms with Crippen LogP contribution < -0.4 is 0 Å². The van der Waals surface area contributed by atoms with Gasteiger partial charge in [-0.15, -0.1) is 113 Å². The van der Waals surface area contributed by atoms with Gasteiger partial charge in [-0.2, -0.15) is 0 Å². The minimum atomic E-state index is 1.11. The van der Waals surface area contributed by atoms with Gasteiger partial charge in [0.1, 0.15) is 0 Å². The minimum absolute atomic E-state index is 1.11. The average Bonchev–Trinajstić information content (AvgIpc) is 1.60. The van der Waals surface area contributed by atoms with Gasteiger partial charge in [0, 0.05) is 38.8 Å². The molecule has 16 rings (SSSR count). The summed E-state index contributed by atoms with van der Waals surface area (Å²) in [5, 5.41) is 0. The van der Waals surface area contributed by atoms with Crippen molar-refractivity contribution in [3.63, 3.8) is 0 Å². The molecule has 424 valence electrons. The van der Waals surface area contributed by atoms with E-state index in [0.717, 1.165) is 17.9 Å². The molecular formula is C68H36Br8S10. The zero-order chi connectivity index (χ0) is 59.1. The van der Waals surface area contributed by atoms with Crippen LogP contribution in [0.3, 0.4) is 0 Å². The first kappa shape index (κ1) is 60.0. The van der Waals surface area contributed by atoms with Crippen LogP contribution in [0.4, 0.5) is 0 Å². The topological polar surface area (TPSA) is 0 Å². The van der Waals surface area contributed by atoms with Gasteiger partial charge in [0.05, 0.1) is 104 Å². The monoisotopic (exact) mass is 1800 g/mol. The fraction of sp³-hybridized carbons (Fsp3) is 0.0588. The molecule has 0 nitrogen and oxygen atoms in total. The van der Waals surface area contributed by atoms with E-state index in [1.807, 2.05) is 113 Å². The van der Waals surface area contributed by atoms with E-state index in [9.17, 15) is 0 Å². The van der Waals surface area contributed by atoms with Crippen LogP contribution in [0.1, 0.15) is 22.3 Å². The van der Waals surface area contributed by atoms with Crippen LogP contribution in [0.25, 0.3) is 140 Å². The second-order valence-electron chi connectivity index (χ2n) is 20.8. The van der Waals surface area contributed by atoms with E-state index in [1.54, 1.807) is 0 Å². The fourth-order valence-corrected chi connectivity index (χ4v) is 31.9. The molecule has 0 aliphatic heterocycles. The van der Waals surface area contributed by atoms with Crippen LogP contribution in [0, 0.1) is 27.7 Å². The highest BCUT2D eigenvalue weighted by molar-refractivity contribution is 9.12. The van der Waals surface area contributed by atoms with Crippen molar-refractivity contribution in [3.05, 3.63) is 204 Å². The third-order valence-corrected chi connectivity index (χ3v) is 37.1. The molecule has 0 radical (unpaired) electrons. The number of aryl methyl sites for hydroxylation is 4. The lowest BCUT2D eigenvalue weighted by atomic mass is 10.0. The highest BCUT2D eigenvalue weighted by Crippen LogP contribution is 2.61. The molecule has 0 bridgehead atoms. The third kappa shape index (κ3) is 10.6. The van der Waals surface area contributed by atoms with Crippen molar-refractivity contribution in [2.24, 2.45) is 0 Å². The van der Waals surface area contributed by atoms with Crippen LogP contribution in [-0.4, -0.2) is 0 Å². The lowest BCUT2D eigenvalue weighted by Crippen LogP contribution is -1.82. The summed E-state index contributed by atoms with van der Waals surface area (Å²) in [7, 11) is 0. The van der Waals surface area contributed by atoms with Crippen molar-refractivity contribution in [3.8, 4) is 83.5 Å². The maximum absolute atomic E-state index is 4.02. The minimum Gasteiger partial charge on any atom is -0.133 e. The molecule has 0 unspecified atom stereocenters. The van der Waals surface area contributed by atoms with Crippen molar-refractivity contribution in [2.45, 2.75) is 27.7 Å². The molecule has 18 heteroatoms. The molecular weight excluding hydrogens is 1780 g/mol. The maximum atomic E-state index is 4.02. The summed E-state index contributed by atoms with van der Waals surface area (Å²) in [4.78, 5) is 10.3. The highest BCUT2D eigenvalue weighted by Gasteiger charge is 2.28. The molecule has 0 N–H and O–H groups in total. The molecule has 0 saturated heterocycles. The Morgan fingerprint density at radius 1 is 0.209 bits per heavy atom. The van der Waals surface area contributed by atoms with Crippen LogP contribution in [0.2, 0.25) is 0 Å². The van der Waals surface area contributed by atoms with Gasteiger partial charge >= 0.3 is 0 Å². The summed E-state index contributed by atoms with van der Waals surface area (Å²) in [6.07, 6.45) is 0. The van der Waals surface area contributed by atoms with E-state index in [1.165, 1.54) is 180 Å². The van der Waals surface area contributed by atoms with Crippen LogP contribution in [0.5, 0.6) is 0 Å². The third-order valence-electron chi connectivity index (χ3n) is 14.9. The number of halogens is 8. The van der Waals surface area contributed by atoms with Crippen LogP contribution >= 0.6 is 241 Å². The Morgan fingerprint density at radius 3 is 0.767 bits per heavy atom. The van der Waals surface area contributed by atoms with Gasteiger partial charge in [-0.25, -0.2) is 0 Å². The van der Waals surface area contributed by atoms with Crippen LogP contribution in [0.15, 0.2) is 181 Å². The second-order valence-corrected chi connectivity index (χ2v) is 37.6. The summed E-state index contributed by atoms with van der Waals surface area (Å²) in [5.74, 6) is 0. The van der Waals surface area contributed by atoms with Crippen LogP contribution in [-0.2, 0) is 0 Å². The molecule has 16 aromatic rings. The van der Waals surface area contributed by atoms with E-state index in [2.05, 4.69) is 301 Å². The number of thiophene rings is 10. The lowest BCUT2D eigenvalue weighted by Gasteiger charge is -2.08. The quantitative estimate of drug-likeness (QED) is 0.142. The number of rotatable bonds is 8. The molecule has 0 fully saturated rings. The fourth-order valence-electron chi connectivity index (χ4n) is 10.4. The Morgan fingerprint density at radius 2 is 0.465 bits per heavy atom. The number of hydrogen-bond donors (Lipinski definition) is 0. The molecule has 10 heterocycles. The molecule has 86 heavy (non-hydrogen) atoms. The standard InChI is InChI=1S/C36H20Br4S4.C32H16Br4S6/c1-17-3-7-19(8-4-17)21-11-13-23(25(37)15-21)29-27(39)31-33(41-29)35-36(43-31)34-32(44-35)28(40)30(42-34)24-14-12-22(16-26(24)38)20-9-5-18(2)6-10-20;1-13-3-7-15(8-4-13)19-11-17(33)23(37-19)25-21(35)27-29(39-25)31-32(41-27)30-28(42-31)22(36)26(40-30)24-18(34)12-20(38-24)16-9-5-14(2)6-10-16/h3-16H,1-2H3;3-12H,1-2H3. The Labute approximate surface area is 603 Å². The summed E-state index contributed by atoms with van der Waals surface area (Å²) in [6.45, 7) is 8.51. The second kappa shape index (κ2) is 24.0. The van der Waals surface area contributed by atoms with E-state index in [4.69, 9.17) is 0 Å². The highest BCUT2D eigenvalue weighted by atomic mass is 79.9. The SMILES string of the molecule is Cc1ccc(-c2cc(Br)c(-c3sc4c(sc5c6sc(-c7sc(-c8ccc(C)cc8)cc7Br)c(Br)c6sc45)c3Br)s2)cc1.Cc1ccc(-c2ccc(-c3sc4c(sc5c6sc(-c7ccc(-c8ccc(C)cc8)cc7Br)c(Br)c6sc45)c3Br)c(Br)c2)cc1. The van der Waals surface area contributed by atoms with Gasteiger partial charge in [-0.1, -0.05) is 175 Å². The van der Waals surface area contributed by atoms with Gasteiger partial charge < -0.3 is 0 Å². The first-order chi connectivity index (χ1) is 41.5. The molecule has 0 aliphatic rings. The maximum Gasteiger partial charge on any atom is 0.0651 e. The van der Waals surface area contributed by atoms with Gasteiger partial charge in [0.2, 0.25) is 0 Å². The van der Waals surface area contributed by atoms with Gasteiger partial charge in [0.15, 0.2) is 0 Å².